The van der Waals surface area contributed by atoms with Gasteiger partial charge in [0.05, 0.1) is 0 Å². The average molecular weight is 457 g/mol. The van der Waals surface area contributed by atoms with Gasteiger partial charge in [-0.15, -0.1) is 0 Å². The zero-order valence-electron chi connectivity index (χ0n) is 17.9. The van der Waals surface area contributed by atoms with E-state index in [0.29, 0.717) is 38.6 Å². The molecule has 0 saturated heterocycles. The molecule has 0 heterocycles. The molecule has 3 atom stereocenters. The van der Waals surface area contributed by atoms with E-state index < -0.39 is 25.5 Å². The van der Waals surface area contributed by atoms with Crippen LogP contribution in [0.5, 0.6) is 0 Å². The molecule has 3 unspecified atom stereocenters. The summed E-state index contributed by atoms with van der Waals surface area (Å²) in [7, 11) is -4.42. The van der Waals surface area contributed by atoms with Gasteiger partial charge in [0.25, 0.3) is 0 Å². The third-order valence-corrected chi connectivity index (χ3v) is 7.52. The fourth-order valence-corrected chi connectivity index (χ4v) is 5.83. The molecule has 1 aromatic carbocycles. The number of carboxylic acid groups (broad SMARTS) is 1. The number of unbranched alkanes of at least 4 members (excludes halogenated alkanes) is 1. The highest BCUT2D eigenvalue weighted by Gasteiger charge is 2.43. The van der Waals surface area contributed by atoms with Crippen molar-refractivity contribution in [2.24, 2.45) is 11.7 Å². The van der Waals surface area contributed by atoms with Gasteiger partial charge in [-0.3, -0.25) is 13.9 Å². The maximum atomic E-state index is 13.2. The Hall–Kier alpha value is -1.73. The molecule has 1 aliphatic carbocycles. The molecule has 9 heteroatoms. The van der Waals surface area contributed by atoms with E-state index in [1.54, 1.807) is 0 Å². The van der Waals surface area contributed by atoms with Gasteiger partial charge in [-0.05, 0) is 56.6 Å². The first-order chi connectivity index (χ1) is 14.8. The Bertz CT molecular complexity index is 745. The van der Waals surface area contributed by atoms with Crippen LogP contribution < -0.4 is 11.1 Å². The molecule has 176 valence electrons. The predicted octanol–water partition coefficient (Wildman–Crippen LogP) is 3.67. The molecule has 1 saturated carbocycles. The van der Waals surface area contributed by atoms with E-state index in [4.69, 9.17) is 10.3 Å². The van der Waals surface area contributed by atoms with Crippen molar-refractivity contribution in [1.29, 1.82) is 0 Å². The smallest absolute Gasteiger partial charge is 0.351 e. The van der Waals surface area contributed by atoms with E-state index in [-0.39, 0.29) is 26.1 Å². The van der Waals surface area contributed by atoms with Crippen molar-refractivity contribution in [1.82, 2.24) is 5.32 Å². The molecule has 1 aliphatic rings. The minimum atomic E-state index is -4.42. The van der Waals surface area contributed by atoms with Crippen LogP contribution in [0.15, 0.2) is 30.3 Å². The number of aryl methyl sites for hydroxylation is 1. The van der Waals surface area contributed by atoms with Gasteiger partial charge >= 0.3 is 13.6 Å². The molecular weight excluding hydrogens is 419 g/mol. The molecule has 0 radical (unpaired) electrons. The number of hydrogen-bond acceptors (Lipinski definition) is 5. The number of nitrogens with one attached hydrogen (secondary N) is 1. The Morgan fingerprint density at radius 3 is 2.48 bits per heavy atom. The van der Waals surface area contributed by atoms with E-state index >= 15 is 0 Å². The van der Waals surface area contributed by atoms with Gasteiger partial charge in [0.1, 0.15) is 5.78 Å². The summed E-state index contributed by atoms with van der Waals surface area (Å²) < 4.78 is 18.5. The minimum absolute atomic E-state index is 0. The standard InChI is InChI=1S/C22H35N2O6P.H2/c23-16-8-7-13-19(22(26)27)30-31(28,29)21(18-11-5-2-6-12-18)24-20(25)15-14-17-9-3-1-4-10-17;/h1,3-4,9-10,18-19,21H,2,5-8,11-16,23H2,(H,24,25)(H,26,27)(H,28,29);1H. The normalized spacial score (nSPS) is 18.6. The fraction of sp³-hybridized carbons (Fsp3) is 0.636. The fourth-order valence-electron chi connectivity index (χ4n) is 4.00. The summed E-state index contributed by atoms with van der Waals surface area (Å²) in [5, 5.41) is 12.2. The number of rotatable bonds is 13. The lowest BCUT2D eigenvalue weighted by Gasteiger charge is -2.34. The van der Waals surface area contributed by atoms with Crippen LogP contribution in [0.4, 0.5) is 0 Å². The van der Waals surface area contributed by atoms with Gasteiger partial charge in [0.2, 0.25) is 5.91 Å². The topological polar surface area (TPSA) is 139 Å². The second-order valence-corrected chi connectivity index (χ2v) is 10.1. The lowest BCUT2D eigenvalue weighted by Crippen LogP contribution is -2.42. The number of carboxylic acids is 1. The first kappa shape index (κ1) is 25.5. The lowest BCUT2D eigenvalue weighted by atomic mass is 9.89. The Balaban J connectivity index is 0.00000512. The number of carbonyl (C=O) groups is 2. The lowest BCUT2D eigenvalue weighted by molar-refractivity contribution is -0.145. The minimum Gasteiger partial charge on any atom is -0.479 e. The molecule has 2 rings (SSSR count). The van der Waals surface area contributed by atoms with E-state index in [1.165, 1.54) is 0 Å². The molecule has 31 heavy (non-hydrogen) atoms. The van der Waals surface area contributed by atoms with Crippen molar-refractivity contribution >= 4 is 19.5 Å². The Labute approximate surface area is 185 Å². The highest BCUT2D eigenvalue weighted by atomic mass is 31.2. The summed E-state index contributed by atoms with van der Waals surface area (Å²) in [6.45, 7) is 0.408. The van der Waals surface area contributed by atoms with E-state index in [9.17, 15) is 24.2 Å². The van der Waals surface area contributed by atoms with Gasteiger partial charge in [0, 0.05) is 7.85 Å². The number of benzene rings is 1. The molecule has 1 fully saturated rings. The molecule has 5 N–H and O–H groups in total. The number of amides is 1. The van der Waals surface area contributed by atoms with Crippen LogP contribution >= 0.6 is 7.60 Å². The van der Waals surface area contributed by atoms with Gasteiger partial charge < -0.3 is 21.1 Å². The molecular formula is C22H37N2O6P. The first-order valence-electron chi connectivity index (χ1n) is 11.1. The van der Waals surface area contributed by atoms with Crippen molar-refractivity contribution in [2.45, 2.75) is 76.1 Å². The van der Waals surface area contributed by atoms with Gasteiger partial charge in [-0.2, -0.15) is 0 Å². The SMILES string of the molecule is NCCCCC(OP(=O)(O)C(NC(=O)CCc1ccccc1)C1CCCCC1)C(=O)O.[HH]. The van der Waals surface area contributed by atoms with Crippen LogP contribution in [0, 0.1) is 5.92 Å². The highest BCUT2D eigenvalue weighted by Crippen LogP contribution is 2.53. The summed E-state index contributed by atoms with van der Waals surface area (Å²) >= 11 is 0. The Morgan fingerprint density at radius 1 is 1.19 bits per heavy atom. The third kappa shape index (κ3) is 8.73. The molecule has 0 aliphatic heterocycles. The van der Waals surface area contributed by atoms with Gasteiger partial charge in [-0.25, -0.2) is 4.79 Å². The molecule has 8 nitrogen and oxygen atoms in total. The van der Waals surface area contributed by atoms with Crippen molar-refractivity contribution in [3.8, 4) is 0 Å². The Kier molecular flexibility index (Phi) is 10.7. The zero-order valence-corrected chi connectivity index (χ0v) is 18.8. The van der Waals surface area contributed by atoms with Crippen LogP contribution in [0.3, 0.4) is 0 Å². The summed E-state index contributed by atoms with van der Waals surface area (Å²) in [5.74, 6) is -2.95. The first-order valence-corrected chi connectivity index (χ1v) is 12.7. The maximum Gasteiger partial charge on any atom is 0.351 e. The van der Waals surface area contributed by atoms with Crippen molar-refractivity contribution < 1.29 is 30.1 Å². The van der Waals surface area contributed by atoms with Crippen LogP contribution in [0.2, 0.25) is 0 Å². The number of nitrogens with two attached hydrogens (primary N) is 1. The molecule has 0 bridgehead atoms. The number of aliphatic carboxylic acids is 1. The maximum absolute atomic E-state index is 13.2. The average Bonchev–Trinajstić information content (AvgIpc) is 2.76. The van der Waals surface area contributed by atoms with E-state index in [2.05, 4.69) is 5.32 Å². The van der Waals surface area contributed by atoms with Crippen LogP contribution in [0.1, 0.15) is 64.8 Å². The third-order valence-electron chi connectivity index (χ3n) is 5.71. The summed E-state index contributed by atoms with van der Waals surface area (Å²) in [5.41, 5.74) is 6.45. The van der Waals surface area contributed by atoms with E-state index in [0.717, 1.165) is 24.8 Å². The van der Waals surface area contributed by atoms with Gasteiger partial charge in [0.15, 0.2) is 6.10 Å². The molecule has 0 aromatic heterocycles. The predicted molar refractivity (Wildman–Crippen MR) is 121 cm³/mol. The van der Waals surface area contributed by atoms with Crippen LogP contribution in [0.25, 0.3) is 0 Å². The summed E-state index contributed by atoms with van der Waals surface area (Å²) in [6.07, 6.45) is 4.69. The molecule has 1 amide bonds. The number of carbonyl (C=O) groups excluding carboxylic acids is 1. The molecule has 1 aromatic rings. The zero-order chi connectivity index (χ0) is 22.7. The summed E-state index contributed by atoms with van der Waals surface area (Å²) in [4.78, 5) is 35.0. The molecule has 0 spiro atoms. The quantitative estimate of drug-likeness (QED) is 0.262. The summed E-state index contributed by atoms with van der Waals surface area (Å²) in [6, 6.07) is 9.53. The second kappa shape index (κ2) is 13.0. The Morgan fingerprint density at radius 2 is 1.87 bits per heavy atom. The number of hydrogen-bond donors (Lipinski definition) is 4. The van der Waals surface area contributed by atoms with Gasteiger partial charge in [-0.1, -0.05) is 49.6 Å². The second-order valence-electron chi connectivity index (χ2n) is 8.18. The van der Waals surface area contributed by atoms with E-state index in [1.807, 2.05) is 30.3 Å². The van der Waals surface area contributed by atoms with Crippen molar-refractivity contribution in [2.75, 3.05) is 6.54 Å². The largest absolute Gasteiger partial charge is 0.479 e. The highest BCUT2D eigenvalue weighted by molar-refractivity contribution is 7.53. The van der Waals surface area contributed by atoms with Crippen LogP contribution in [-0.2, 0) is 25.1 Å². The van der Waals surface area contributed by atoms with Crippen LogP contribution in [-0.4, -0.2) is 40.3 Å². The monoisotopic (exact) mass is 456 g/mol. The van der Waals surface area contributed by atoms with Crippen molar-refractivity contribution in [3.05, 3.63) is 35.9 Å². The van der Waals surface area contributed by atoms with Crippen molar-refractivity contribution in [3.63, 3.8) is 0 Å².